The minimum absolute atomic E-state index is 0.00473. The number of anilines is 2. The quantitative estimate of drug-likeness (QED) is 0.859. The van der Waals surface area contributed by atoms with Gasteiger partial charge in [0.2, 0.25) is 5.95 Å². The molecule has 0 unspecified atom stereocenters. The second kappa shape index (κ2) is 7.49. The fourth-order valence-corrected chi connectivity index (χ4v) is 1.67. The van der Waals surface area contributed by atoms with Gasteiger partial charge in [-0.15, -0.1) is 0 Å². The molecule has 1 aromatic heterocycles. The Labute approximate surface area is 136 Å². The lowest BCUT2D eigenvalue weighted by Crippen LogP contribution is -2.29. The molecule has 0 fully saturated rings. The molecule has 0 bridgehead atoms. The number of amides is 2. The highest BCUT2D eigenvalue weighted by Crippen LogP contribution is 2.13. The number of ether oxygens (including phenoxy) is 1. The molecule has 0 spiro atoms. The number of nitrogens with one attached hydrogen (secondary N) is 2. The van der Waals surface area contributed by atoms with Gasteiger partial charge in [-0.1, -0.05) is 0 Å². The number of methoxy groups -OCH3 is 1. The molecule has 2 amide bonds. The minimum atomic E-state index is -1.05. The maximum atomic E-state index is 13.1. The fourth-order valence-electron chi connectivity index (χ4n) is 1.67. The van der Waals surface area contributed by atoms with Gasteiger partial charge in [0.15, 0.2) is 17.5 Å². The van der Waals surface area contributed by atoms with E-state index in [1.54, 1.807) is 19.0 Å². The first-order chi connectivity index (χ1) is 11.4. The third-order valence-electron chi connectivity index (χ3n) is 2.82. The Balaban J connectivity index is 2.00. The van der Waals surface area contributed by atoms with E-state index >= 15 is 0 Å². The van der Waals surface area contributed by atoms with E-state index in [9.17, 15) is 13.6 Å². The number of hydrogen-bond acceptors (Lipinski definition) is 6. The SMILES string of the molecule is COc1nc(CNC(=O)Nc2ccc(F)c(F)c2)nc(N(C)C)n1. The molecule has 0 saturated heterocycles. The van der Waals surface area contributed by atoms with Gasteiger partial charge in [-0.25, -0.2) is 13.6 Å². The Morgan fingerprint density at radius 2 is 1.96 bits per heavy atom. The summed E-state index contributed by atoms with van der Waals surface area (Å²) in [7, 11) is 4.92. The molecule has 10 heteroatoms. The van der Waals surface area contributed by atoms with Crippen LogP contribution in [0.5, 0.6) is 6.01 Å². The van der Waals surface area contributed by atoms with Gasteiger partial charge < -0.3 is 20.3 Å². The largest absolute Gasteiger partial charge is 0.467 e. The molecule has 8 nitrogen and oxygen atoms in total. The Hall–Kier alpha value is -3.04. The summed E-state index contributed by atoms with van der Waals surface area (Å²) in [4.78, 5) is 25.7. The molecule has 0 saturated carbocycles. The van der Waals surface area contributed by atoms with Crippen LogP contribution in [0.2, 0.25) is 0 Å². The van der Waals surface area contributed by atoms with Gasteiger partial charge >= 0.3 is 12.0 Å². The summed E-state index contributed by atoms with van der Waals surface area (Å²) in [6, 6.07) is 2.54. The van der Waals surface area contributed by atoms with Crippen molar-refractivity contribution in [1.82, 2.24) is 20.3 Å². The number of rotatable bonds is 5. The van der Waals surface area contributed by atoms with Crippen molar-refractivity contribution in [3.05, 3.63) is 35.7 Å². The van der Waals surface area contributed by atoms with Crippen LogP contribution in [-0.4, -0.2) is 42.2 Å². The summed E-state index contributed by atoms with van der Waals surface area (Å²) in [5.74, 6) is -1.38. The first-order valence-corrected chi connectivity index (χ1v) is 6.85. The Bertz CT molecular complexity index is 741. The van der Waals surface area contributed by atoms with Gasteiger partial charge in [0, 0.05) is 25.8 Å². The van der Waals surface area contributed by atoms with E-state index in [-0.39, 0.29) is 24.1 Å². The highest BCUT2D eigenvalue weighted by Gasteiger charge is 2.10. The van der Waals surface area contributed by atoms with Crippen LogP contribution in [0.4, 0.5) is 25.2 Å². The number of nitrogens with zero attached hydrogens (tertiary/aromatic N) is 4. The smallest absolute Gasteiger partial charge is 0.321 e. The van der Waals surface area contributed by atoms with Crippen molar-refractivity contribution < 1.29 is 18.3 Å². The van der Waals surface area contributed by atoms with Gasteiger partial charge in [-0.2, -0.15) is 15.0 Å². The third kappa shape index (κ3) is 4.48. The number of aromatic nitrogens is 3. The molecule has 1 aromatic carbocycles. The van der Waals surface area contributed by atoms with E-state index in [2.05, 4.69) is 25.6 Å². The number of halogens is 2. The topological polar surface area (TPSA) is 92.3 Å². The van der Waals surface area contributed by atoms with Crippen LogP contribution < -0.4 is 20.3 Å². The van der Waals surface area contributed by atoms with E-state index in [1.807, 2.05) is 0 Å². The molecular weight excluding hydrogens is 322 g/mol. The molecular formula is C14H16F2N6O2. The molecule has 2 aromatic rings. The van der Waals surface area contributed by atoms with Crippen molar-refractivity contribution in [2.45, 2.75) is 6.54 Å². The molecule has 0 radical (unpaired) electrons. The molecule has 1 heterocycles. The number of hydrogen-bond donors (Lipinski definition) is 2. The Morgan fingerprint density at radius 1 is 1.21 bits per heavy atom. The monoisotopic (exact) mass is 338 g/mol. The summed E-state index contributed by atoms with van der Waals surface area (Å²) in [5, 5.41) is 4.88. The van der Waals surface area contributed by atoms with E-state index in [4.69, 9.17) is 4.74 Å². The zero-order valence-electron chi connectivity index (χ0n) is 13.3. The summed E-state index contributed by atoms with van der Waals surface area (Å²) in [6.07, 6.45) is 0. The average molecular weight is 338 g/mol. The van der Waals surface area contributed by atoms with Gasteiger partial charge in [0.05, 0.1) is 13.7 Å². The number of carbonyl (C=O) groups excluding carboxylic acids is 1. The van der Waals surface area contributed by atoms with Crippen LogP contribution in [0.1, 0.15) is 5.82 Å². The van der Waals surface area contributed by atoms with E-state index in [0.29, 0.717) is 5.95 Å². The molecule has 2 N–H and O–H groups in total. The normalized spacial score (nSPS) is 10.2. The highest BCUT2D eigenvalue weighted by atomic mass is 19.2. The lowest BCUT2D eigenvalue weighted by Gasteiger charge is -2.12. The predicted molar refractivity (Wildman–Crippen MR) is 82.9 cm³/mol. The lowest BCUT2D eigenvalue weighted by molar-refractivity contribution is 0.251. The molecule has 2 rings (SSSR count). The summed E-state index contributed by atoms with van der Waals surface area (Å²) in [5.41, 5.74) is 0.119. The van der Waals surface area contributed by atoms with Gasteiger partial charge in [-0.05, 0) is 12.1 Å². The maximum Gasteiger partial charge on any atom is 0.321 e. The van der Waals surface area contributed by atoms with Crippen LogP contribution in [0.25, 0.3) is 0 Å². The summed E-state index contributed by atoms with van der Waals surface area (Å²) in [6.45, 7) is -0.00473. The maximum absolute atomic E-state index is 13.1. The average Bonchev–Trinajstić information content (AvgIpc) is 2.56. The van der Waals surface area contributed by atoms with Crippen LogP contribution in [0, 0.1) is 11.6 Å². The van der Waals surface area contributed by atoms with Crippen LogP contribution in [0.3, 0.4) is 0 Å². The second-order valence-corrected chi connectivity index (χ2v) is 4.87. The minimum Gasteiger partial charge on any atom is -0.467 e. The van der Waals surface area contributed by atoms with E-state index in [1.165, 1.54) is 13.2 Å². The van der Waals surface area contributed by atoms with Crippen molar-refractivity contribution in [3.8, 4) is 6.01 Å². The van der Waals surface area contributed by atoms with Crippen molar-refractivity contribution >= 4 is 17.7 Å². The Kier molecular flexibility index (Phi) is 5.40. The van der Waals surface area contributed by atoms with Crippen molar-refractivity contribution in [3.63, 3.8) is 0 Å². The molecule has 0 aliphatic heterocycles. The second-order valence-electron chi connectivity index (χ2n) is 4.87. The zero-order chi connectivity index (χ0) is 17.7. The van der Waals surface area contributed by atoms with Gasteiger partial charge in [0.1, 0.15) is 0 Å². The predicted octanol–water partition coefficient (Wildman–Crippen LogP) is 1.55. The first kappa shape index (κ1) is 17.3. The number of benzene rings is 1. The zero-order valence-corrected chi connectivity index (χ0v) is 13.3. The molecule has 0 aliphatic rings. The summed E-state index contributed by atoms with van der Waals surface area (Å²) >= 11 is 0. The number of urea groups is 1. The standard InChI is InChI=1S/C14H16F2N6O2/c1-22(2)12-19-11(20-14(21-12)24-3)7-17-13(23)18-8-4-5-9(15)10(16)6-8/h4-6H,7H2,1-3H3,(H2,17,18,23). The van der Waals surface area contributed by atoms with Crippen LogP contribution in [-0.2, 0) is 6.54 Å². The highest BCUT2D eigenvalue weighted by molar-refractivity contribution is 5.89. The molecule has 0 atom stereocenters. The van der Waals surface area contributed by atoms with Crippen molar-refractivity contribution in [2.75, 3.05) is 31.4 Å². The van der Waals surface area contributed by atoms with Crippen molar-refractivity contribution in [1.29, 1.82) is 0 Å². The lowest BCUT2D eigenvalue weighted by atomic mass is 10.3. The number of carbonyl (C=O) groups is 1. The van der Waals surface area contributed by atoms with E-state index in [0.717, 1.165) is 12.1 Å². The van der Waals surface area contributed by atoms with Crippen molar-refractivity contribution in [2.24, 2.45) is 0 Å². The van der Waals surface area contributed by atoms with Gasteiger partial charge in [0.25, 0.3) is 0 Å². The fraction of sp³-hybridized carbons (Fsp3) is 0.286. The summed E-state index contributed by atoms with van der Waals surface area (Å²) < 4.78 is 30.9. The Morgan fingerprint density at radius 3 is 2.58 bits per heavy atom. The van der Waals surface area contributed by atoms with Gasteiger partial charge in [-0.3, -0.25) is 0 Å². The molecule has 24 heavy (non-hydrogen) atoms. The van der Waals surface area contributed by atoms with E-state index < -0.39 is 17.7 Å². The van der Waals surface area contributed by atoms with Crippen LogP contribution in [0.15, 0.2) is 18.2 Å². The van der Waals surface area contributed by atoms with Crippen LogP contribution >= 0.6 is 0 Å². The first-order valence-electron chi connectivity index (χ1n) is 6.85. The molecule has 128 valence electrons. The molecule has 0 aliphatic carbocycles. The third-order valence-corrected chi connectivity index (χ3v) is 2.82.